The molecule has 1 N–H and O–H groups in total. The van der Waals surface area contributed by atoms with Crippen molar-refractivity contribution in [2.24, 2.45) is 7.05 Å². The first kappa shape index (κ1) is 14.1. The highest BCUT2D eigenvalue weighted by molar-refractivity contribution is 5.43. The SMILES string of the molecule is CCC(Nc1cccc(C#N)n1)c1c(C)nn(C)c1C. The van der Waals surface area contributed by atoms with Crippen LogP contribution in [0.2, 0.25) is 0 Å². The first-order valence-electron chi connectivity index (χ1n) is 6.70. The third-order valence-corrected chi connectivity index (χ3v) is 3.51. The Morgan fingerprint density at radius 2 is 2.15 bits per heavy atom. The van der Waals surface area contributed by atoms with Crippen molar-refractivity contribution in [2.45, 2.75) is 33.2 Å². The van der Waals surface area contributed by atoms with Crippen LogP contribution in [-0.2, 0) is 7.05 Å². The van der Waals surface area contributed by atoms with Gasteiger partial charge in [0.25, 0.3) is 0 Å². The van der Waals surface area contributed by atoms with Crippen LogP contribution in [0.4, 0.5) is 5.82 Å². The van der Waals surface area contributed by atoms with Crippen molar-refractivity contribution in [1.82, 2.24) is 14.8 Å². The van der Waals surface area contributed by atoms with E-state index in [0.29, 0.717) is 5.69 Å². The summed E-state index contributed by atoms with van der Waals surface area (Å²) in [6.45, 7) is 6.21. The molecule has 2 aromatic rings. The van der Waals surface area contributed by atoms with Gasteiger partial charge in [-0.05, 0) is 32.4 Å². The van der Waals surface area contributed by atoms with Crippen molar-refractivity contribution in [3.8, 4) is 6.07 Å². The lowest BCUT2D eigenvalue weighted by atomic mass is 10.0. The Morgan fingerprint density at radius 1 is 1.40 bits per heavy atom. The van der Waals surface area contributed by atoms with Gasteiger partial charge in [0.05, 0.1) is 11.7 Å². The van der Waals surface area contributed by atoms with E-state index < -0.39 is 0 Å². The molecule has 20 heavy (non-hydrogen) atoms. The molecule has 0 fully saturated rings. The van der Waals surface area contributed by atoms with Crippen molar-refractivity contribution >= 4 is 5.82 Å². The lowest BCUT2D eigenvalue weighted by Crippen LogP contribution is -2.13. The van der Waals surface area contributed by atoms with E-state index in [0.717, 1.165) is 23.6 Å². The predicted molar refractivity (Wildman–Crippen MR) is 78.3 cm³/mol. The molecule has 5 heteroatoms. The first-order valence-corrected chi connectivity index (χ1v) is 6.70. The second-order valence-electron chi connectivity index (χ2n) is 4.83. The van der Waals surface area contributed by atoms with Gasteiger partial charge < -0.3 is 5.32 Å². The average molecular weight is 269 g/mol. The molecule has 0 saturated carbocycles. The van der Waals surface area contributed by atoms with Gasteiger partial charge in [0.2, 0.25) is 0 Å². The Bertz CT molecular complexity index is 651. The molecule has 0 radical (unpaired) electrons. The zero-order valence-corrected chi connectivity index (χ0v) is 12.3. The van der Waals surface area contributed by atoms with Crippen LogP contribution in [0.1, 0.15) is 42.0 Å². The predicted octanol–water partition coefficient (Wildman–Crippen LogP) is 2.87. The van der Waals surface area contributed by atoms with Gasteiger partial charge >= 0.3 is 0 Å². The lowest BCUT2D eigenvalue weighted by molar-refractivity contribution is 0.714. The average Bonchev–Trinajstić information content (AvgIpc) is 2.70. The highest BCUT2D eigenvalue weighted by atomic mass is 15.3. The third-order valence-electron chi connectivity index (χ3n) is 3.51. The Labute approximate surface area is 119 Å². The normalized spacial score (nSPS) is 11.9. The van der Waals surface area contributed by atoms with Gasteiger partial charge in [-0.25, -0.2) is 4.98 Å². The van der Waals surface area contributed by atoms with Gasteiger partial charge in [-0.15, -0.1) is 0 Å². The van der Waals surface area contributed by atoms with Crippen LogP contribution in [0.15, 0.2) is 18.2 Å². The number of rotatable bonds is 4. The Balaban J connectivity index is 2.31. The maximum atomic E-state index is 8.91. The molecule has 2 aromatic heterocycles. The summed E-state index contributed by atoms with van der Waals surface area (Å²) in [5, 5.41) is 16.8. The number of aromatic nitrogens is 3. The molecule has 5 nitrogen and oxygen atoms in total. The molecule has 0 aromatic carbocycles. The zero-order valence-electron chi connectivity index (χ0n) is 12.3. The smallest absolute Gasteiger partial charge is 0.142 e. The summed E-state index contributed by atoms with van der Waals surface area (Å²) < 4.78 is 1.90. The van der Waals surface area contributed by atoms with Crippen LogP contribution in [0.25, 0.3) is 0 Å². The standard InChI is InChI=1S/C15H19N5/c1-5-13(15-10(2)19-20(4)11(15)3)18-14-8-6-7-12(9-16)17-14/h6-8,13H,5H2,1-4H3,(H,17,18). The van der Waals surface area contributed by atoms with E-state index in [1.54, 1.807) is 6.07 Å². The number of pyridine rings is 1. The first-order chi connectivity index (χ1) is 9.56. The van der Waals surface area contributed by atoms with E-state index in [1.807, 2.05) is 30.8 Å². The van der Waals surface area contributed by atoms with Crippen LogP contribution in [0.3, 0.4) is 0 Å². The summed E-state index contributed by atoms with van der Waals surface area (Å²) in [6.07, 6.45) is 0.922. The molecule has 0 aliphatic rings. The second kappa shape index (κ2) is 5.74. The largest absolute Gasteiger partial charge is 0.363 e. The maximum absolute atomic E-state index is 8.91. The summed E-state index contributed by atoms with van der Waals surface area (Å²) in [4.78, 5) is 4.27. The summed E-state index contributed by atoms with van der Waals surface area (Å²) >= 11 is 0. The number of nitriles is 1. The minimum absolute atomic E-state index is 0.144. The van der Waals surface area contributed by atoms with E-state index in [9.17, 15) is 0 Å². The van der Waals surface area contributed by atoms with Gasteiger partial charge in [0, 0.05) is 18.3 Å². The third kappa shape index (κ3) is 2.64. The van der Waals surface area contributed by atoms with Crippen LogP contribution in [-0.4, -0.2) is 14.8 Å². The zero-order chi connectivity index (χ0) is 14.7. The Hall–Kier alpha value is -2.35. The van der Waals surface area contributed by atoms with Crippen LogP contribution >= 0.6 is 0 Å². The van der Waals surface area contributed by atoms with Crippen LogP contribution in [0, 0.1) is 25.2 Å². The van der Waals surface area contributed by atoms with Crippen molar-refractivity contribution in [3.63, 3.8) is 0 Å². The molecule has 0 aliphatic carbocycles. The topological polar surface area (TPSA) is 66.5 Å². The lowest BCUT2D eigenvalue weighted by Gasteiger charge is -2.18. The van der Waals surface area contributed by atoms with Crippen LogP contribution in [0.5, 0.6) is 0 Å². The molecule has 104 valence electrons. The fraction of sp³-hybridized carbons (Fsp3) is 0.400. The Morgan fingerprint density at radius 3 is 2.70 bits per heavy atom. The molecular weight excluding hydrogens is 250 g/mol. The number of anilines is 1. The summed E-state index contributed by atoms with van der Waals surface area (Å²) in [5.41, 5.74) is 3.81. The van der Waals surface area contributed by atoms with Gasteiger partial charge in [0.15, 0.2) is 0 Å². The second-order valence-corrected chi connectivity index (χ2v) is 4.83. The molecule has 1 atom stereocenters. The number of aryl methyl sites for hydroxylation is 2. The van der Waals surface area contributed by atoms with Gasteiger partial charge in [0.1, 0.15) is 17.6 Å². The maximum Gasteiger partial charge on any atom is 0.142 e. The number of nitrogens with one attached hydrogen (secondary N) is 1. The van der Waals surface area contributed by atoms with Gasteiger partial charge in [-0.2, -0.15) is 10.4 Å². The van der Waals surface area contributed by atoms with Crippen molar-refractivity contribution < 1.29 is 0 Å². The van der Waals surface area contributed by atoms with Crippen molar-refractivity contribution in [1.29, 1.82) is 5.26 Å². The minimum atomic E-state index is 0.144. The molecular formula is C15H19N5. The molecule has 0 amide bonds. The molecule has 0 bridgehead atoms. The Kier molecular flexibility index (Phi) is 4.04. The van der Waals surface area contributed by atoms with E-state index in [2.05, 4.69) is 35.3 Å². The van der Waals surface area contributed by atoms with Crippen molar-refractivity contribution in [3.05, 3.63) is 40.8 Å². The number of hydrogen-bond acceptors (Lipinski definition) is 4. The van der Waals surface area contributed by atoms with E-state index in [1.165, 1.54) is 5.56 Å². The van der Waals surface area contributed by atoms with Crippen molar-refractivity contribution in [2.75, 3.05) is 5.32 Å². The van der Waals surface area contributed by atoms with Gasteiger partial charge in [-0.3, -0.25) is 4.68 Å². The molecule has 0 aliphatic heterocycles. The summed E-state index contributed by atoms with van der Waals surface area (Å²) in [7, 11) is 1.95. The van der Waals surface area contributed by atoms with E-state index >= 15 is 0 Å². The van der Waals surface area contributed by atoms with E-state index in [4.69, 9.17) is 5.26 Å². The highest BCUT2D eigenvalue weighted by Gasteiger charge is 2.19. The highest BCUT2D eigenvalue weighted by Crippen LogP contribution is 2.26. The monoisotopic (exact) mass is 269 g/mol. The molecule has 2 rings (SSSR count). The fourth-order valence-corrected chi connectivity index (χ4v) is 2.43. The molecule has 2 heterocycles. The quantitative estimate of drug-likeness (QED) is 0.926. The summed E-state index contributed by atoms with van der Waals surface area (Å²) in [6, 6.07) is 7.62. The molecule has 1 unspecified atom stereocenters. The molecule has 0 spiro atoms. The fourth-order valence-electron chi connectivity index (χ4n) is 2.43. The minimum Gasteiger partial charge on any atom is -0.363 e. The number of nitrogens with zero attached hydrogens (tertiary/aromatic N) is 4. The van der Waals surface area contributed by atoms with Gasteiger partial charge in [-0.1, -0.05) is 13.0 Å². The molecule has 0 saturated heterocycles. The van der Waals surface area contributed by atoms with E-state index in [-0.39, 0.29) is 6.04 Å². The number of hydrogen-bond donors (Lipinski definition) is 1. The summed E-state index contributed by atoms with van der Waals surface area (Å²) in [5.74, 6) is 0.721. The van der Waals surface area contributed by atoms with Crippen LogP contribution < -0.4 is 5.32 Å².